The van der Waals surface area contributed by atoms with Crippen molar-refractivity contribution in [1.82, 2.24) is 0 Å². The summed E-state index contributed by atoms with van der Waals surface area (Å²) in [6, 6.07) is 11.5. The second-order valence-electron chi connectivity index (χ2n) is 5.39. The van der Waals surface area contributed by atoms with E-state index in [1.165, 1.54) is 30.9 Å². The van der Waals surface area contributed by atoms with Crippen molar-refractivity contribution in [2.24, 2.45) is 0 Å². The van der Waals surface area contributed by atoms with Gasteiger partial charge in [0.15, 0.2) is 6.10 Å². The molecule has 0 fully saturated rings. The predicted octanol–water partition coefficient (Wildman–Crippen LogP) is 3.57. The quantitative estimate of drug-likeness (QED) is 0.612. The van der Waals surface area contributed by atoms with Gasteiger partial charge in [0.25, 0.3) is 11.6 Å². The van der Waals surface area contributed by atoms with Crippen LogP contribution in [-0.4, -0.2) is 24.0 Å². The Morgan fingerprint density at radius 2 is 1.92 bits per heavy atom. The molecule has 0 aliphatic carbocycles. The lowest BCUT2D eigenvalue weighted by atomic mass is 10.2. The molecule has 0 saturated carbocycles. The third kappa shape index (κ3) is 4.69. The summed E-state index contributed by atoms with van der Waals surface area (Å²) in [7, 11) is 1.38. The normalized spacial score (nSPS) is 11.5. The monoisotopic (exact) mass is 344 g/mol. The van der Waals surface area contributed by atoms with Crippen LogP contribution in [0.15, 0.2) is 42.5 Å². The molecule has 0 bridgehead atoms. The molecular formula is C18H20N2O5. The topological polar surface area (TPSA) is 90.7 Å². The zero-order valence-electron chi connectivity index (χ0n) is 14.3. The fourth-order valence-electron chi connectivity index (χ4n) is 2.19. The average Bonchev–Trinajstić information content (AvgIpc) is 2.62. The van der Waals surface area contributed by atoms with E-state index in [4.69, 9.17) is 9.47 Å². The van der Waals surface area contributed by atoms with Crippen molar-refractivity contribution in [1.29, 1.82) is 0 Å². The number of carbonyl (C=O) groups is 1. The number of amides is 1. The molecule has 7 heteroatoms. The molecule has 0 aliphatic rings. The summed E-state index contributed by atoms with van der Waals surface area (Å²) >= 11 is 0. The number of nitrogens with zero attached hydrogens (tertiary/aromatic N) is 1. The van der Waals surface area contributed by atoms with Crippen molar-refractivity contribution in [2.75, 3.05) is 12.4 Å². The van der Waals surface area contributed by atoms with Crippen molar-refractivity contribution in [2.45, 2.75) is 26.4 Å². The molecule has 0 aromatic heterocycles. The largest absolute Gasteiger partial charge is 0.494 e. The summed E-state index contributed by atoms with van der Waals surface area (Å²) in [5.74, 6) is 0.421. The number of nitro benzene ring substituents is 1. The minimum Gasteiger partial charge on any atom is -0.494 e. The summed E-state index contributed by atoms with van der Waals surface area (Å²) in [6.45, 7) is 3.68. The van der Waals surface area contributed by atoms with Gasteiger partial charge in [-0.25, -0.2) is 0 Å². The number of nitro groups is 1. The highest BCUT2D eigenvalue weighted by Crippen LogP contribution is 2.29. The van der Waals surface area contributed by atoms with Crippen LogP contribution >= 0.6 is 0 Å². The van der Waals surface area contributed by atoms with Crippen molar-refractivity contribution in [3.05, 3.63) is 58.1 Å². The van der Waals surface area contributed by atoms with Gasteiger partial charge in [0.05, 0.1) is 23.8 Å². The van der Waals surface area contributed by atoms with Gasteiger partial charge in [-0.05, 0) is 37.1 Å². The van der Waals surface area contributed by atoms with Gasteiger partial charge >= 0.3 is 0 Å². The first kappa shape index (κ1) is 18.3. The SMILES string of the molecule is CCc1ccc(OC(C)C(=O)Nc2ccc([N+](=O)[O-])cc2OC)cc1. The number of hydrogen-bond donors (Lipinski definition) is 1. The molecule has 0 heterocycles. The summed E-state index contributed by atoms with van der Waals surface area (Å²) in [6.07, 6.45) is 0.184. The van der Waals surface area contributed by atoms with Crippen molar-refractivity contribution in [3.63, 3.8) is 0 Å². The van der Waals surface area contributed by atoms with E-state index < -0.39 is 11.0 Å². The van der Waals surface area contributed by atoms with E-state index in [1.54, 1.807) is 6.92 Å². The van der Waals surface area contributed by atoms with Gasteiger partial charge in [-0.3, -0.25) is 14.9 Å². The fourth-order valence-corrected chi connectivity index (χ4v) is 2.19. The Balaban J connectivity index is 2.06. The smallest absolute Gasteiger partial charge is 0.273 e. The Labute approximate surface area is 145 Å². The first-order valence-electron chi connectivity index (χ1n) is 7.83. The third-order valence-corrected chi connectivity index (χ3v) is 3.67. The van der Waals surface area contributed by atoms with Crippen molar-refractivity contribution >= 4 is 17.3 Å². The van der Waals surface area contributed by atoms with E-state index >= 15 is 0 Å². The van der Waals surface area contributed by atoms with Gasteiger partial charge in [-0.15, -0.1) is 0 Å². The van der Waals surface area contributed by atoms with Crippen molar-refractivity contribution in [3.8, 4) is 11.5 Å². The van der Waals surface area contributed by atoms with E-state index in [0.29, 0.717) is 11.4 Å². The van der Waals surface area contributed by atoms with Gasteiger partial charge in [-0.1, -0.05) is 19.1 Å². The maximum absolute atomic E-state index is 12.3. The molecule has 0 aliphatic heterocycles. The Morgan fingerprint density at radius 1 is 1.24 bits per heavy atom. The number of rotatable bonds is 7. The molecule has 1 atom stereocenters. The molecule has 2 aromatic carbocycles. The van der Waals surface area contributed by atoms with E-state index in [9.17, 15) is 14.9 Å². The molecule has 1 N–H and O–H groups in total. The first-order valence-corrected chi connectivity index (χ1v) is 7.83. The predicted molar refractivity (Wildman–Crippen MR) is 94.2 cm³/mol. The minimum absolute atomic E-state index is 0.116. The van der Waals surface area contributed by atoms with E-state index in [0.717, 1.165) is 6.42 Å². The summed E-state index contributed by atoms with van der Waals surface area (Å²) in [5.41, 5.74) is 1.41. The van der Waals surface area contributed by atoms with Crippen LogP contribution in [0.4, 0.5) is 11.4 Å². The second kappa shape index (κ2) is 8.14. The highest BCUT2D eigenvalue weighted by atomic mass is 16.6. The molecule has 2 aromatic rings. The molecule has 2 rings (SSSR count). The lowest BCUT2D eigenvalue weighted by Gasteiger charge is -2.16. The summed E-state index contributed by atoms with van der Waals surface area (Å²) in [4.78, 5) is 22.6. The summed E-state index contributed by atoms with van der Waals surface area (Å²) < 4.78 is 10.7. The Hall–Kier alpha value is -3.09. The fraction of sp³-hybridized carbons (Fsp3) is 0.278. The van der Waals surface area contributed by atoms with Crippen LogP contribution < -0.4 is 14.8 Å². The molecular weight excluding hydrogens is 324 g/mol. The molecule has 7 nitrogen and oxygen atoms in total. The van der Waals surface area contributed by atoms with E-state index in [1.807, 2.05) is 24.3 Å². The van der Waals surface area contributed by atoms with Crippen LogP contribution in [-0.2, 0) is 11.2 Å². The van der Waals surface area contributed by atoms with Gasteiger partial charge < -0.3 is 14.8 Å². The number of non-ortho nitro benzene ring substituents is 1. The molecule has 25 heavy (non-hydrogen) atoms. The minimum atomic E-state index is -0.743. The highest BCUT2D eigenvalue weighted by molar-refractivity contribution is 5.95. The zero-order valence-corrected chi connectivity index (χ0v) is 14.3. The van der Waals surface area contributed by atoms with Crippen LogP contribution in [0.3, 0.4) is 0 Å². The number of nitrogens with one attached hydrogen (secondary N) is 1. The Bertz CT molecular complexity index is 759. The Morgan fingerprint density at radius 3 is 2.48 bits per heavy atom. The molecule has 1 amide bonds. The number of carbonyl (C=O) groups excluding carboxylic acids is 1. The number of methoxy groups -OCH3 is 1. The van der Waals surface area contributed by atoms with Gasteiger partial charge in [0, 0.05) is 6.07 Å². The maximum atomic E-state index is 12.3. The van der Waals surface area contributed by atoms with Gasteiger partial charge in [0.1, 0.15) is 11.5 Å². The van der Waals surface area contributed by atoms with Crippen LogP contribution in [0.5, 0.6) is 11.5 Å². The summed E-state index contributed by atoms with van der Waals surface area (Å²) in [5, 5.41) is 13.5. The number of hydrogen-bond acceptors (Lipinski definition) is 5. The number of benzene rings is 2. The van der Waals surface area contributed by atoms with Crippen LogP contribution in [0, 0.1) is 10.1 Å². The van der Waals surface area contributed by atoms with Crippen molar-refractivity contribution < 1.29 is 19.2 Å². The lowest BCUT2D eigenvalue weighted by molar-refractivity contribution is -0.384. The maximum Gasteiger partial charge on any atom is 0.273 e. The average molecular weight is 344 g/mol. The zero-order chi connectivity index (χ0) is 18.4. The van der Waals surface area contributed by atoms with Crippen LogP contribution in [0.2, 0.25) is 0 Å². The van der Waals surface area contributed by atoms with Crippen LogP contribution in [0.1, 0.15) is 19.4 Å². The molecule has 0 radical (unpaired) electrons. The Kier molecular flexibility index (Phi) is 5.94. The number of aryl methyl sites for hydroxylation is 1. The molecule has 132 valence electrons. The standard InChI is InChI=1S/C18H20N2O5/c1-4-13-5-8-15(9-6-13)25-12(2)18(21)19-16-10-7-14(20(22)23)11-17(16)24-3/h5-12H,4H2,1-3H3,(H,19,21). The van der Waals surface area contributed by atoms with E-state index in [2.05, 4.69) is 12.2 Å². The number of anilines is 1. The van der Waals surface area contributed by atoms with Crippen LogP contribution in [0.25, 0.3) is 0 Å². The van der Waals surface area contributed by atoms with Gasteiger partial charge in [-0.2, -0.15) is 0 Å². The lowest BCUT2D eigenvalue weighted by Crippen LogP contribution is -2.30. The number of ether oxygens (including phenoxy) is 2. The highest BCUT2D eigenvalue weighted by Gasteiger charge is 2.18. The third-order valence-electron chi connectivity index (χ3n) is 3.67. The van der Waals surface area contributed by atoms with Gasteiger partial charge in [0.2, 0.25) is 0 Å². The molecule has 1 unspecified atom stereocenters. The first-order chi connectivity index (χ1) is 11.9. The molecule has 0 spiro atoms. The van der Waals surface area contributed by atoms with E-state index in [-0.39, 0.29) is 17.3 Å². The molecule has 0 saturated heterocycles. The second-order valence-corrected chi connectivity index (χ2v) is 5.39.